The molecule has 0 aromatic carbocycles. The van der Waals surface area contributed by atoms with Gasteiger partial charge in [-0.2, -0.15) is 12.8 Å². The normalized spacial score (nSPS) is 6.67. The van der Waals surface area contributed by atoms with Crippen molar-refractivity contribution in [1.82, 2.24) is 0 Å². The third-order valence-corrected chi connectivity index (χ3v) is 0.707. The van der Waals surface area contributed by atoms with Crippen molar-refractivity contribution in [3.05, 3.63) is 13.8 Å². The summed E-state index contributed by atoms with van der Waals surface area (Å²) in [4.78, 5) is 0. The first-order valence-corrected chi connectivity index (χ1v) is 3.41. The van der Waals surface area contributed by atoms with Gasteiger partial charge in [-0.3, -0.25) is 0 Å². The van der Waals surface area contributed by atoms with Crippen LogP contribution in [0.1, 0.15) is 39.5 Å². The molecule has 0 aromatic rings. The van der Waals surface area contributed by atoms with Crippen molar-refractivity contribution >= 4 is 23.9 Å². The van der Waals surface area contributed by atoms with Crippen LogP contribution >= 0.6 is 0 Å². The minimum absolute atomic E-state index is 0. The number of hydrogen-bond donors (Lipinski definition) is 0. The Morgan fingerprint density at radius 1 is 0.889 bits per heavy atom. The fourth-order valence-electron chi connectivity index (χ4n) is 0. The summed E-state index contributed by atoms with van der Waals surface area (Å²) in [6.07, 6.45) is 4.56. The zero-order valence-corrected chi connectivity index (χ0v) is 9.60. The van der Waals surface area contributed by atoms with Gasteiger partial charge in [-0.05, 0) is 0 Å². The Hall–Kier alpha value is 0.799. The predicted octanol–water partition coefficient (Wildman–Crippen LogP) is 2.86. The van der Waals surface area contributed by atoms with E-state index in [-0.39, 0.29) is 23.9 Å². The topological polar surface area (TPSA) is 0 Å². The van der Waals surface area contributed by atoms with Gasteiger partial charge in [-0.1, -0.05) is 26.7 Å². The molecule has 0 heterocycles. The van der Waals surface area contributed by atoms with E-state index in [2.05, 4.69) is 27.7 Å². The van der Waals surface area contributed by atoms with Crippen LogP contribution in [-0.4, -0.2) is 23.9 Å². The van der Waals surface area contributed by atoms with Gasteiger partial charge >= 0.3 is 23.9 Å². The molecule has 54 valence electrons. The molecule has 0 amide bonds. The van der Waals surface area contributed by atoms with E-state index >= 15 is 0 Å². The summed E-state index contributed by atoms with van der Waals surface area (Å²) in [5.41, 5.74) is 0. The molecule has 0 nitrogen and oxygen atoms in total. The second-order valence-electron chi connectivity index (χ2n) is 1.71. The molecule has 0 spiro atoms. The molecule has 9 heavy (non-hydrogen) atoms. The van der Waals surface area contributed by atoms with Crippen molar-refractivity contribution < 1.29 is 0 Å². The molecular weight excluding hydrogens is 215 g/mol. The van der Waals surface area contributed by atoms with E-state index in [9.17, 15) is 0 Å². The van der Waals surface area contributed by atoms with Crippen LogP contribution in [0.25, 0.3) is 0 Å². The molecular formula is C8H18Sn. The number of hydrogen-bond acceptors (Lipinski definition) is 0. The van der Waals surface area contributed by atoms with Gasteiger partial charge in [-0.15, -0.1) is 0 Å². The van der Waals surface area contributed by atoms with Crippen molar-refractivity contribution in [3.63, 3.8) is 0 Å². The van der Waals surface area contributed by atoms with Gasteiger partial charge in [-0.25, -0.2) is 0 Å². The maximum atomic E-state index is 3.60. The standard InChI is InChI=1S/2C4H9.Sn/c2*1-3-4-2;/h2*1,3-4H2,2H3;/q2*-1;+2. The zero-order chi connectivity index (χ0) is 6.83. The van der Waals surface area contributed by atoms with Gasteiger partial charge in [0.2, 0.25) is 0 Å². The maximum Gasteiger partial charge on any atom is 2.00 e. The van der Waals surface area contributed by atoms with Crippen LogP contribution in [0, 0.1) is 13.8 Å². The summed E-state index contributed by atoms with van der Waals surface area (Å²) in [6, 6.07) is 0. The molecule has 0 unspecified atom stereocenters. The molecule has 0 fully saturated rings. The second-order valence-corrected chi connectivity index (χ2v) is 1.71. The van der Waals surface area contributed by atoms with Crippen LogP contribution in [0.3, 0.4) is 0 Å². The van der Waals surface area contributed by atoms with Gasteiger partial charge in [0.1, 0.15) is 0 Å². The Kier molecular flexibility index (Phi) is 42.4. The van der Waals surface area contributed by atoms with Crippen LogP contribution in [0.2, 0.25) is 0 Å². The van der Waals surface area contributed by atoms with E-state index in [0.29, 0.717) is 0 Å². The third kappa shape index (κ3) is 51.9. The van der Waals surface area contributed by atoms with Gasteiger partial charge in [0.05, 0.1) is 0 Å². The zero-order valence-electron chi connectivity index (χ0n) is 6.74. The molecule has 0 aliphatic heterocycles. The van der Waals surface area contributed by atoms with E-state index in [1.165, 1.54) is 12.8 Å². The van der Waals surface area contributed by atoms with Gasteiger partial charge in [0.25, 0.3) is 0 Å². The van der Waals surface area contributed by atoms with Crippen LogP contribution in [0.5, 0.6) is 0 Å². The van der Waals surface area contributed by atoms with Crippen LogP contribution < -0.4 is 0 Å². The first kappa shape index (κ1) is 16.4. The first-order chi connectivity index (χ1) is 3.83. The van der Waals surface area contributed by atoms with Crippen molar-refractivity contribution in [2.24, 2.45) is 0 Å². The fraction of sp³-hybridized carbons (Fsp3) is 0.750. The SMILES string of the molecule is [CH2-]CCC.[CH2-]CCC.[Sn+2]. The quantitative estimate of drug-likeness (QED) is 0.508. The van der Waals surface area contributed by atoms with Crippen LogP contribution in [0.15, 0.2) is 0 Å². The first-order valence-electron chi connectivity index (χ1n) is 3.41. The predicted molar refractivity (Wildman–Crippen MR) is 46.3 cm³/mol. The third-order valence-electron chi connectivity index (χ3n) is 0.707. The van der Waals surface area contributed by atoms with E-state index in [0.717, 1.165) is 12.8 Å². The Morgan fingerprint density at radius 3 is 1.00 bits per heavy atom. The molecule has 0 rings (SSSR count). The molecule has 0 N–H and O–H groups in total. The molecule has 0 saturated heterocycles. The van der Waals surface area contributed by atoms with Crippen LogP contribution in [0.4, 0.5) is 0 Å². The minimum Gasteiger partial charge on any atom is -0.343 e. The van der Waals surface area contributed by atoms with Crippen molar-refractivity contribution in [2.45, 2.75) is 39.5 Å². The summed E-state index contributed by atoms with van der Waals surface area (Å²) in [7, 11) is 0. The molecule has 0 bridgehead atoms. The monoisotopic (exact) mass is 234 g/mol. The number of unbranched alkanes of at least 4 members (excludes halogenated alkanes) is 2. The van der Waals surface area contributed by atoms with Crippen molar-refractivity contribution in [2.75, 3.05) is 0 Å². The van der Waals surface area contributed by atoms with E-state index in [4.69, 9.17) is 0 Å². The maximum absolute atomic E-state index is 3.60. The summed E-state index contributed by atoms with van der Waals surface area (Å²) in [5.74, 6) is 0. The summed E-state index contributed by atoms with van der Waals surface area (Å²) in [6.45, 7) is 11.4. The Bertz CT molecular complexity index is 12.5. The molecule has 2 radical (unpaired) electrons. The molecule has 1 heteroatoms. The average Bonchev–Trinajstić information content (AvgIpc) is 1.88. The molecule has 0 atom stereocenters. The second kappa shape index (κ2) is 23.2. The van der Waals surface area contributed by atoms with Gasteiger partial charge in [0, 0.05) is 0 Å². The van der Waals surface area contributed by atoms with Crippen molar-refractivity contribution in [1.29, 1.82) is 0 Å². The molecule has 0 aliphatic carbocycles. The fourth-order valence-corrected chi connectivity index (χ4v) is 0. The van der Waals surface area contributed by atoms with Gasteiger partial charge in [0.15, 0.2) is 0 Å². The van der Waals surface area contributed by atoms with E-state index in [1.54, 1.807) is 0 Å². The van der Waals surface area contributed by atoms with E-state index in [1.807, 2.05) is 0 Å². The summed E-state index contributed by atoms with van der Waals surface area (Å²) >= 11 is 0. The largest absolute Gasteiger partial charge is 2.00 e. The minimum atomic E-state index is 0. The molecule has 0 aliphatic rings. The Balaban J connectivity index is -0.0000000720. The Labute approximate surface area is 77.4 Å². The Morgan fingerprint density at radius 2 is 1.00 bits per heavy atom. The van der Waals surface area contributed by atoms with Crippen LogP contribution in [-0.2, 0) is 0 Å². The number of rotatable bonds is 2. The van der Waals surface area contributed by atoms with Gasteiger partial charge < -0.3 is 13.8 Å². The summed E-state index contributed by atoms with van der Waals surface area (Å²) < 4.78 is 0. The molecule has 0 aromatic heterocycles. The molecule has 0 saturated carbocycles. The smallest absolute Gasteiger partial charge is 0.343 e. The average molecular weight is 233 g/mol. The van der Waals surface area contributed by atoms with Crippen molar-refractivity contribution in [3.8, 4) is 0 Å². The summed E-state index contributed by atoms with van der Waals surface area (Å²) in [5, 5.41) is 0. The van der Waals surface area contributed by atoms with E-state index < -0.39 is 0 Å².